The molecule has 5 nitrogen and oxygen atoms in total. The van der Waals surface area contributed by atoms with Crippen molar-refractivity contribution in [2.75, 3.05) is 28.7 Å². The quantitative estimate of drug-likeness (QED) is 0.840. The highest BCUT2D eigenvalue weighted by Gasteiger charge is 2.22. The number of rotatable bonds is 5. The van der Waals surface area contributed by atoms with Crippen molar-refractivity contribution in [3.05, 3.63) is 23.8 Å². The Labute approximate surface area is 126 Å². The van der Waals surface area contributed by atoms with Crippen LogP contribution in [0.4, 0.5) is 11.4 Å². The van der Waals surface area contributed by atoms with Crippen molar-refractivity contribution in [3.63, 3.8) is 0 Å². The Morgan fingerprint density at radius 1 is 1.29 bits per heavy atom. The fraction of sp³-hybridized carbons (Fsp3) is 0.533. The van der Waals surface area contributed by atoms with E-state index < -0.39 is 9.84 Å². The van der Waals surface area contributed by atoms with E-state index in [-0.39, 0.29) is 17.4 Å². The van der Waals surface area contributed by atoms with E-state index in [1.165, 1.54) is 0 Å². The fourth-order valence-electron chi connectivity index (χ4n) is 2.60. The van der Waals surface area contributed by atoms with E-state index in [0.717, 1.165) is 24.1 Å². The van der Waals surface area contributed by atoms with E-state index in [2.05, 4.69) is 0 Å². The van der Waals surface area contributed by atoms with Gasteiger partial charge >= 0.3 is 0 Å². The highest BCUT2D eigenvalue weighted by molar-refractivity contribution is 7.91. The second-order valence-electron chi connectivity index (χ2n) is 5.38. The first-order valence-corrected chi connectivity index (χ1v) is 9.14. The summed E-state index contributed by atoms with van der Waals surface area (Å²) in [6.45, 7) is 2.08. The van der Waals surface area contributed by atoms with Gasteiger partial charge in [-0.2, -0.15) is 0 Å². The molecule has 0 radical (unpaired) electrons. The van der Waals surface area contributed by atoms with Crippen LogP contribution in [0.1, 0.15) is 31.7 Å². The Morgan fingerprint density at radius 2 is 2.05 bits per heavy atom. The average molecular weight is 310 g/mol. The summed E-state index contributed by atoms with van der Waals surface area (Å²) in [7, 11) is -2.99. The fourth-order valence-corrected chi connectivity index (χ4v) is 3.46. The van der Waals surface area contributed by atoms with Crippen molar-refractivity contribution < 1.29 is 13.2 Å². The highest BCUT2D eigenvalue weighted by Crippen LogP contribution is 2.28. The minimum atomic E-state index is -2.99. The number of nitrogens with two attached hydrogens (primary N) is 1. The molecular formula is C15H22N2O3S. The molecule has 0 spiro atoms. The topological polar surface area (TPSA) is 80.5 Å². The molecule has 1 aromatic rings. The molecule has 1 heterocycles. The molecule has 0 aromatic heterocycles. The minimum Gasteiger partial charge on any atom is -0.399 e. The van der Waals surface area contributed by atoms with Crippen molar-refractivity contribution in [2.24, 2.45) is 0 Å². The van der Waals surface area contributed by atoms with E-state index in [4.69, 9.17) is 5.73 Å². The Hall–Kier alpha value is -1.56. The lowest BCUT2D eigenvalue weighted by atomic mass is 10.1. The van der Waals surface area contributed by atoms with Gasteiger partial charge in [0.1, 0.15) is 9.84 Å². The van der Waals surface area contributed by atoms with Crippen LogP contribution in [0.15, 0.2) is 18.2 Å². The van der Waals surface area contributed by atoms with Crippen LogP contribution in [0.2, 0.25) is 0 Å². The second-order valence-corrected chi connectivity index (χ2v) is 7.85. The van der Waals surface area contributed by atoms with Crippen LogP contribution in [0.5, 0.6) is 0 Å². The number of fused-ring (bicyclic) bond motifs is 1. The second kappa shape index (κ2) is 6.47. The van der Waals surface area contributed by atoms with Crippen molar-refractivity contribution in [1.29, 1.82) is 0 Å². The number of carbonyl (C=O) groups excluding carboxylic acids is 1. The molecule has 1 aliphatic heterocycles. The van der Waals surface area contributed by atoms with Gasteiger partial charge in [0.2, 0.25) is 5.91 Å². The van der Waals surface area contributed by atoms with Gasteiger partial charge in [0.25, 0.3) is 0 Å². The normalized spacial score (nSPS) is 15.7. The average Bonchev–Trinajstić information content (AvgIpc) is 2.58. The summed E-state index contributed by atoms with van der Waals surface area (Å²) in [5, 5.41) is 0. The van der Waals surface area contributed by atoms with Gasteiger partial charge in [0.05, 0.1) is 5.75 Å². The van der Waals surface area contributed by atoms with Crippen LogP contribution in [-0.4, -0.2) is 32.4 Å². The highest BCUT2D eigenvalue weighted by atomic mass is 32.2. The third kappa shape index (κ3) is 3.97. The number of nitrogens with zero attached hydrogens (tertiary/aromatic N) is 1. The number of hydrogen-bond donors (Lipinski definition) is 1. The summed E-state index contributed by atoms with van der Waals surface area (Å²) in [6.07, 6.45) is 2.59. The van der Waals surface area contributed by atoms with Crippen LogP contribution in [0, 0.1) is 0 Å². The molecule has 0 bridgehead atoms. The Morgan fingerprint density at radius 3 is 2.76 bits per heavy atom. The maximum Gasteiger partial charge on any atom is 0.226 e. The predicted molar refractivity (Wildman–Crippen MR) is 85.1 cm³/mol. The molecule has 1 aliphatic rings. The van der Waals surface area contributed by atoms with Gasteiger partial charge in [-0.25, -0.2) is 8.42 Å². The molecule has 0 atom stereocenters. The summed E-state index contributed by atoms with van der Waals surface area (Å²) in [4.78, 5) is 13.9. The zero-order chi connectivity index (χ0) is 15.5. The van der Waals surface area contributed by atoms with Gasteiger partial charge in [0, 0.05) is 30.1 Å². The lowest BCUT2D eigenvalue weighted by Gasteiger charge is -2.23. The molecule has 1 amide bonds. The number of hydrogen-bond acceptors (Lipinski definition) is 4. The van der Waals surface area contributed by atoms with E-state index in [1.807, 2.05) is 12.1 Å². The number of amides is 1. The van der Waals surface area contributed by atoms with E-state index in [9.17, 15) is 13.2 Å². The van der Waals surface area contributed by atoms with Crippen LogP contribution in [-0.2, 0) is 21.1 Å². The Kier molecular flexibility index (Phi) is 4.88. The van der Waals surface area contributed by atoms with Gasteiger partial charge in [-0.3, -0.25) is 4.79 Å². The molecule has 2 N–H and O–H groups in total. The monoisotopic (exact) mass is 310 g/mol. The molecule has 2 rings (SSSR count). The van der Waals surface area contributed by atoms with Gasteiger partial charge in [-0.05, 0) is 43.0 Å². The number of anilines is 2. The zero-order valence-corrected chi connectivity index (χ0v) is 13.2. The molecule has 0 saturated heterocycles. The number of carbonyl (C=O) groups is 1. The maximum absolute atomic E-state index is 12.2. The molecule has 6 heteroatoms. The first-order valence-electron chi connectivity index (χ1n) is 7.32. The van der Waals surface area contributed by atoms with E-state index in [0.29, 0.717) is 25.1 Å². The summed E-state index contributed by atoms with van der Waals surface area (Å²) in [6, 6.07) is 5.55. The van der Waals surface area contributed by atoms with Crippen molar-refractivity contribution in [2.45, 2.75) is 32.6 Å². The van der Waals surface area contributed by atoms with Gasteiger partial charge in [0.15, 0.2) is 0 Å². The number of sulfone groups is 1. The van der Waals surface area contributed by atoms with Crippen LogP contribution in [0.3, 0.4) is 0 Å². The molecule has 1 aromatic carbocycles. The van der Waals surface area contributed by atoms with Crippen molar-refractivity contribution >= 4 is 27.1 Å². The molecule has 21 heavy (non-hydrogen) atoms. The summed E-state index contributed by atoms with van der Waals surface area (Å²) in [5.41, 5.74) is 8.44. The first-order chi connectivity index (χ1) is 9.93. The summed E-state index contributed by atoms with van der Waals surface area (Å²) >= 11 is 0. The third-order valence-electron chi connectivity index (χ3n) is 3.81. The van der Waals surface area contributed by atoms with E-state index >= 15 is 0 Å². The standard InChI is InChI=1S/C15H22N2O3S/c1-2-21(19,20)10-4-9-17-14-8-7-13(16)11-12(14)5-3-6-15(17)18/h7-8,11H,2-6,9-10,16H2,1H3. The largest absolute Gasteiger partial charge is 0.399 e. The predicted octanol–water partition coefficient (Wildman–Crippen LogP) is 1.76. The minimum absolute atomic E-state index is 0.0624. The molecule has 116 valence electrons. The molecular weight excluding hydrogens is 288 g/mol. The lowest BCUT2D eigenvalue weighted by Crippen LogP contribution is -2.32. The molecule has 0 unspecified atom stereocenters. The van der Waals surface area contributed by atoms with Crippen LogP contribution >= 0.6 is 0 Å². The summed E-state index contributed by atoms with van der Waals surface area (Å²) < 4.78 is 23.1. The molecule has 0 fully saturated rings. The van der Waals surface area contributed by atoms with Crippen LogP contribution < -0.4 is 10.6 Å². The zero-order valence-electron chi connectivity index (χ0n) is 12.3. The molecule has 0 saturated carbocycles. The Bertz CT molecular complexity index is 626. The summed E-state index contributed by atoms with van der Waals surface area (Å²) in [5.74, 6) is 0.332. The van der Waals surface area contributed by atoms with Crippen molar-refractivity contribution in [3.8, 4) is 0 Å². The molecule has 0 aliphatic carbocycles. The number of nitrogen functional groups attached to an aromatic ring is 1. The van der Waals surface area contributed by atoms with Gasteiger partial charge < -0.3 is 10.6 Å². The number of benzene rings is 1. The SMILES string of the molecule is CCS(=O)(=O)CCCN1C(=O)CCCc2cc(N)ccc21. The lowest BCUT2D eigenvalue weighted by molar-refractivity contribution is -0.118. The maximum atomic E-state index is 12.2. The Balaban J connectivity index is 2.15. The van der Waals surface area contributed by atoms with Crippen molar-refractivity contribution in [1.82, 2.24) is 0 Å². The van der Waals surface area contributed by atoms with Crippen LogP contribution in [0.25, 0.3) is 0 Å². The number of aryl methyl sites for hydroxylation is 1. The smallest absolute Gasteiger partial charge is 0.226 e. The van der Waals surface area contributed by atoms with E-state index in [1.54, 1.807) is 17.9 Å². The first kappa shape index (κ1) is 15.8. The third-order valence-corrected chi connectivity index (χ3v) is 5.60. The van der Waals surface area contributed by atoms with Gasteiger partial charge in [-0.1, -0.05) is 6.92 Å². The van der Waals surface area contributed by atoms with Gasteiger partial charge in [-0.15, -0.1) is 0 Å².